The number of aromatic amines is 1. The summed E-state index contributed by atoms with van der Waals surface area (Å²) >= 11 is 1.46. The summed E-state index contributed by atoms with van der Waals surface area (Å²) in [5, 5.41) is 11.0. The number of nitrogens with zero attached hydrogens (tertiary/aromatic N) is 5. The maximum Gasteiger partial charge on any atom is 0.240 e. The van der Waals surface area contributed by atoms with Crippen LogP contribution in [-0.4, -0.2) is 62.2 Å². The maximum atomic E-state index is 12.6. The van der Waals surface area contributed by atoms with E-state index in [0.29, 0.717) is 30.0 Å². The molecule has 1 saturated heterocycles. The predicted molar refractivity (Wildman–Crippen MR) is 127 cm³/mol. The molecule has 10 heteroatoms. The lowest BCUT2D eigenvalue weighted by Crippen LogP contribution is -2.38. The summed E-state index contributed by atoms with van der Waals surface area (Å²) in [6, 6.07) is 9.58. The molecule has 33 heavy (non-hydrogen) atoms. The van der Waals surface area contributed by atoms with Crippen LogP contribution in [0, 0.1) is 0 Å². The maximum absolute atomic E-state index is 12.6. The van der Waals surface area contributed by atoms with Crippen molar-refractivity contribution >= 4 is 32.6 Å². The Morgan fingerprint density at radius 2 is 2.03 bits per heavy atom. The molecule has 0 bridgehead atoms. The third-order valence-electron chi connectivity index (χ3n) is 5.70. The highest BCUT2D eigenvalue weighted by atomic mass is 32.1. The van der Waals surface area contributed by atoms with Crippen LogP contribution in [0.5, 0.6) is 5.75 Å². The third-order valence-corrected chi connectivity index (χ3v) is 6.63. The first-order valence-corrected chi connectivity index (χ1v) is 11.9. The van der Waals surface area contributed by atoms with Gasteiger partial charge in [0.1, 0.15) is 11.6 Å². The van der Waals surface area contributed by atoms with Crippen LogP contribution in [0.3, 0.4) is 0 Å². The van der Waals surface area contributed by atoms with Gasteiger partial charge in [0, 0.05) is 23.9 Å². The third kappa shape index (κ3) is 5.01. The predicted octanol–water partition coefficient (Wildman–Crippen LogP) is 3.69. The Bertz CT molecular complexity index is 1230. The zero-order valence-corrected chi connectivity index (χ0v) is 19.1. The molecule has 3 aromatic heterocycles. The SMILES string of the molecule is CCOc1ccc2nc(NC(=O)CN3CCC(c4nc(-c5ccncc5)n[nH]4)CC3)sc2c1. The smallest absolute Gasteiger partial charge is 0.240 e. The summed E-state index contributed by atoms with van der Waals surface area (Å²) in [4.78, 5) is 28.0. The van der Waals surface area contributed by atoms with Crippen molar-refractivity contribution in [3.63, 3.8) is 0 Å². The topological polar surface area (TPSA) is 109 Å². The lowest BCUT2D eigenvalue weighted by Gasteiger charge is -2.30. The number of ether oxygens (including phenoxy) is 1. The molecule has 0 unspecified atom stereocenters. The van der Waals surface area contributed by atoms with Gasteiger partial charge in [0.25, 0.3) is 0 Å². The number of likely N-dealkylation sites (tertiary alicyclic amines) is 1. The van der Waals surface area contributed by atoms with Crippen LogP contribution in [0.25, 0.3) is 21.6 Å². The highest BCUT2D eigenvalue weighted by Gasteiger charge is 2.25. The number of anilines is 1. The van der Waals surface area contributed by atoms with Crippen molar-refractivity contribution in [2.24, 2.45) is 0 Å². The van der Waals surface area contributed by atoms with E-state index in [2.05, 4.69) is 35.4 Å². The fourth-order valence-corrected chi connectivity index (χ4v) is 4.94. The number of piperidine rings is 1. The number of H-pyrrole nitrogens is 1. The average molecular weight is 464 g/mol. The Hall–Kier alpha value is -3.37. The van der Waals surface area contributed by atoms with Crippen LogP contribution in [-0.2, 0) is 4.79 Å². The van der Waals surface area contributed by atoms with Gasteiger partial charge < -0.3 is 10.1 Å². The van der Waals surface area contributed by atoms with Gasteiger partial charge in [-0.05, 0) is 63.2 Å². The zero-order chi connectivity index (χ0) is 22.6. The standard InChI is InChI=1S/C23H25N7O2S/c1-2-32-17-3-4-18-19(13-17)33-23(25-18)26-20(31)14-30-11-7-16(8-12-30)22-27-21(28-29-22)15-5-9-24-10-6-15/h3-6,9-10,13,16H,2,7-8,11-12,14H2,1H3,(H,25,26,31)(H,27,28,29). The first kappa shape index (κ1) is 21.5. The lowest BCUT2D eigenvalue weighted by atomic mass is 9.96. The molecule has 0 atom stereocenters. The van der Waals surface area contributed by atoms with E-state index >= 15 is 0 Å². The second-order valence-corrected chi connectivity index (χ2v) is 8.99. The normalized spacial score (nSPS) is 15.1. The molecule has 0 spiro atoms. The summed E-state index contributed by atoms with van der Waals surface area (Å²) in [6.07, 6.45) is 5.34. The van der Waals surface area contributed by atoms with E-state index in [1.165, 1.54) is 11.3 Å². The number of hydrogen-bond donors (Lipinski definition) is 2. The van der Waals surface area contributed by atoms with E-state index in [4.69, 9.17) is 4.74 Å². The van der Waals surface area contributed by atoms with Gasteiger partial charge in [0.2, 0.25) is 5.91 Å². The van der Waals surface area contributed by atoms with E-state index in [9.17, 15) is 4.79 Å². The Labute approximate surface area is 195 Å². The minimum Gasteiger partial charge on any atom is -0.494 e. The van der Waals surface area contributed by atoms with E-state index in [1.54, 1.807) is 12.4 Å². The molecule has 0 aliphatic carbocycles. The van der Waals surface area contributed by atoms with E-state index in [1.807, 2.05) is 37.3 Å². The van der Waals surface area contributed by atoms with Crippen molar-refractivity contribution in [3.05, 3.63) is 48.5 Å². The number of carbonyl (C=O) groups is 1. The Morgan fingerprint density at radius 1 is 1.21 bits per heavy atom. The van der Waals surface area contributed by atoms with Gasteiger partial charge in [-0.2, -0.15) is 5.10 Å². The monoisotopic (exact) mass is 463 g/mol. The number of benzene rings is 1. The molecule has 1 fully saturated rings. The Balaban J connectivity index is 1.13. The first-order valence-electron chi connectivity index (χ1n) is 11.1. The summed E-state index contributed by atoms with van der Waals surface area (Å²) in [7, 11) is 0. The number of rotatable bonds is 7. The highest BCUT2D eigenvalue weighted by molar-refractivity contribution is 7.22. The first-order chi connectivity index (χ1) is 16.2. The van der Waals surface area contributed by atoms with Crippen LogP contribution in [0.2, 0.25) is 0 Å². The van der Waals surface area contributed by atoms with Gasteiger partial charge in [-0.3, -0.25) is 19.8 Å². The second kappa shape index (κ2) is 9.63. The van der Waals surface area contributed by atoms with Gasteiger partial charge in [0.05, 0.1) is 23.4 Å². The van der Waals surface area contributed by atoms with Crippen molar-refractivity contribution in [2.45, 2.75) is 25.7 Å². The van der Waals surface area contributed by atoms with E-state index in [0.717, 1.165) is 53.3 Å². The van der Waals surface area contributed by atoms with Crippen molar-refractivity contribution in [1.29, 1.82) is 0 Å². The number of fused-ring (bicyclic) bond motifs is 1. The number of aromatic nitrogens is 5. The van der Waals surface area contributed by atoms with Gasteiger partial charge in [-0.25, -0.2) is 9.97 Å². The summed E-state index contributed by atoms with van der Waals surface area (Å²) < 4.78 is 6.54. The summed E-state index contributed by atoms with van der Waals surface area (Å²) in [6.45, 7) is 4.59. The highest BCUT2D eigenvalue weighted by Crippen LogP contribution is 2.30. The molecule has 4 heterocycles. The largest absolute Gasteiger partial charge is 0.494 e. The zero-order valence-electron chi connectivity index (χ0n) is 18.3. The number of carbonyl (C=O) groups excluding carboxylic acids is 1. The molecular weight excluding hydrogens is 438 g/mol. The fourth-order valence-electron chi connectivity index (χ4n) is 4.03. The molecule has 1 aromatic carbocycles. The van der Waals surface area contributed by atoms with E-state index < -0.39 is 0 Å². The number of nitrogens with one attached hydrogen (secondary N) is 2. The molecule has 4 aromatic rings. The molecule has 170 valence electrons. The second-order valence-electron chi connectivity index (χ2n) is 7.96. The molecular formula is C23H25N7O2S. The Morgan fingerprint density at radius 3 is 2.82 bits per heavy atom. The average Bonchev–Trinajstić information content (AvgIpc) is 3.47. The van der Waals surface area contributed by atoms with Gasteiger partial charge in [-0.1, -0.05) is 11.3 Å². The molecule has 0 saturated carbocycles. The lowest BCUT2D eigenvalue weighted by molar-refractivity contribution is -0.117. The number of amides is 1. The Kier molecular flexibility index (Phi) is 6.27. The number of thiazole rings is 1. The minimum absolute atomic E-state index is 0.0443. The summed E-state index contributed by atoms with van der Waals surface area (Å²) in [5.41, 5.74) is 1.81. The minimum atomic E-state index is -0.0443. The van der Waals surface area contributed by atoms with Crippen LogP contribution in [0.4, 0.5) is 5.13 Å². The van der Waals surface area contributed by atoms with E-state index in [-0.39, 0.29) is 5.91 Å². The molecule has 1 aliphatic heterocycles. The number of hydrogen-bond acceptors (Lipinski definition) is 8. The molecule has 1 amide bonds. The van der Waals surface area contributed by atoms with Gasteiger partial charge in [-0.15, -0.1) is 0 Å². The van der Waals surface area contributed by atoms with Crippen LogP contribution >= 0.6 is 11.3 Å². The van der Waals surface area contributed by atoms with Crippen molar-refractivity contribution in [2.75, 3.05) is 31.6 Å². The summed E-state index contributed by atoms with van der Waals surface area (Å²) in [5.74, 6) is 2.69. The van der Waals surface area contributed by atoms with Crippen LogP contribution < -0.4 is 10.1 Å². The number of pyridine rings is 1. The molecule has 0 radical (unpaired) electrons. The molecule has 5 rings (SSSR count). The van der Waals surface area contributed by atoms with Crippen molar-refractivity contribution in [3.8, 4) is 17.1 Å². The molecule has 2 N–H and O–H groups in total. The van der Waals surface area contributed by atoms with Crippen molar-refractivity contribution in [1.82, 2.24) is 30.0 Å². The quantitative estimate of drug-likeness (QED) is 0.430. The molecule has 1 aliphatic rings. The van der Waals surface area contributed by atoms with Crippen molar-refractivity contribution < 1.29 is 9.53 Å². The van der Waals surface area contributed by atoms with Crippen LogP contribution in [0.1, 0.15) is 31.5 Å². The fraction of sp³-hybridized carbons (Fsp3) is 0.348. The van der Waals surface area contributed by atoms with Gasteiger partial charge in [0.15, 0.2) is 11.0 Å². The molecule has 9 nitrogen and oxygen atoms in total. The van der Waals surface area contributed by atoms with Gasteiger partial charge >= 0.3 is 0 Å². The van der Waals surface area contributed by atoms with Crippen LogP contribution in [0.15, 0.2) is 42.7 Å².